The van der Waals surface area contributed by atoms with Gasteiger partial charge in [0.2, 0.25) is 5.95 Å². The number of carbonyl (C=O) groups is 1. The Kier molecular flexibility index (Phi) is 6.22. The molecule has 180 valence electrons. The van der Waals surface area contributed by atoms with Gasteiger partial charge in [-0.3, -0.25) is 19.1 Å². The molecule has 1 amide bonds. The summed E-state index contributed by atoms with van der Waals surface area (Å²) in [7, 11) is 1.61. The van der Waals surface area contributed by atoms with Crippen LogP contribution in [0.3, 0.4) is 0 Å². The number of benzene rings is 2. The highest BCUT2D eigenvalue weighted by molar-refractivity contribution is 5.94. The number of imidazole rings is 1. The summed E-state index contributed by atoms with van der Waals surface area (Å²) in [5.74, 6) is 0.673. The number of piperazine rings is 1. The van der Waals surface area contributed by atoms with Crippen LogP contribution in [0, 0.1) is 0 Å². The highest BCUT2D eigenvalue weighted by Gasteiger charge is 2.27. The maximum atomic E-state index is 12.9. The largest absolute Gasteiger partial charge is 0.339 e. The van der Waals surface area contributed by atoms with Crippen molar-refractivity contribution < 1.29 is 4.79 Å². The quantitative estimate of drug-likeness (QED) is 0.463. The number of rotatable bonds is 6. The molecule has 1 aliphatic heterocycles. The highest BCUT2D eigenvalue weighted by Crippen LogP contribution is 2.22. The topological polar surface area (TPSA) is 96.2 Å². The van der Waals surface area contributed by atoms with Crippen molar-refractivity contribution in [2.24, 2.45) is 7.05 Å². The van der Waals surface area contributed by atoms with Crippen LogP contribution in [0.5, 0.6) is 0 Å². The number of aromatic amines is 1. The second kappa shape index (κ2) is 9.61. The number of amides is 1. The van der Waals surface area contributed by atoms with E-state index >= 15 is 0 Å². The van der Waals surface area contributed by atoms with Crippen molar-refractivity contribution in [3.05, 3.63) is 92.6 Å². The number of hydrogen-bond acceptors (Lipinski definition) is 5. The molecule has 9 nitrogen and oxygen atoms in total. The van der Waals surface area contributed by atoms with Gasteiger partial charge in [-0.1, -0.05) is 48.5 Å². The second-order valence-corrected chi connectivity index (χ2v) is 8.79. The van der Waals surface area contributed by atoms with Crippen molar-refractivity contribution >= 4 is 23.0 Å². The Morgan fingerprint density at radius 1 is 0.943 bits per heavy atom. The van der Waals surface area contributed by atoms with E-state index < -0.39 is 11.2 Å². The average Bonchev–Trinajstić information content (AvgIpc) is 3.28. The van der Waals surface area contributed by atoms with Gasteiger partial charge in [-0.25, -0.2) is 4.79 Å². The number of aromatic nitrogens is 4. The molecule has 2 aromatic heterocycles. The average molecular weight is 473 g/mol. The fourth-order valence-corrected chi connectivity index (χ4v) is 4.64. The van der Waals surface area contributed by atoms with Crippen LogP contribution in [0.25, 0.3) is 11.2 Å². The van der Waals surface area contributed by atoms with Crippen LogP contribution in [0.2, 0.25) is 0 Å². The van der Waals surface area contributed by atoms with Crippen molar-refractivity contribution in [2.45, 2.75) is 19.4 Å². The molecule has 0 saturated carbocycles. The molecule has 3 heterocycles. The highest BCUT2D eigenvalue weighted by atomic mass is 16.2. The molecule has 0 spiro atoms. The van der Waals surface area contributed by atoms with Crippen LogP contribution in [0.15, 0.2) is 70.3 Å². The van der Waals surface area contributed by atoms with E-state index in [0.717, 1.165) is 12.8 Å². The van der Waals surface area contributed by atoms with E-state index in [1.807, 2.05) is 58.0 Å². The molecule has 0 unspecified atom stereocenters. The van der Waals surface area contributed by atoms with Gasteiger partial charge in [-0.2, -0.15) is 4.98 Å². The third kappa shape index (κ3) is 4.49. The van der Waals surface area contributed by atoms with Crippen LogP contribution in [-0.4, -0.2) is 56.1 Å². The number of aryl methyl sites for hydroxylation is 3. The summed E-state index contributed by atoms with van der Waals surface area (Å²) in [5, 5.41) is 0. The fourth-order valence-electron chi connectivity index (χ4n) is 4.64. The number of nitrogens with zero attached hydrogens (tertiary/aromatic N) is 5. The maximum Gasteiger partial charge on any atom is 0.329 e. The molecular formula is C26H28N6O3. The molecule has 0 atom stereocenters. The smallest absolute Gasteiger partial charge is 0.329 e. The van der Waals surface area contributed by atoms with Crippen LogP contribution < -0.4 is 16.1 Å². The summed E-state index contributed by atoms with van der Waals surface area (Å²) < 4.78 is 3.30. The third-order valence-corrected chi connectivity index (χ3v) is 6.55. The minimum absolute atomic E-state index is 0.0143. The number of nitrogens with one attached hydrogen (secondary N) is 1. The molecule has 2 aromatic carbocycles. The molecule has 1 fully saturated rings. The van der Waals surface area contributed by atoms with Gasteiger partial charge in [0.15, 0.2) is 11.2 Å². The minimum Gasteiger partial charge on any atom is -0.339 e. The molecule has 0 aliphatic carbocycles. The third-order valence-electron chi connectivity index (χ3n) is 6.55. The lowest BCUT2D eigenvalue weighted by atomic mass is 10.1. The van der Waals surface area contributed by atoms with E-state index in [-0.39, 0.29) is 5.91 Å². The first-order valence-electron chi connectivity index (χ1n) is 11.9. The van der Waals surface area contributed by atoms with E-state index in [9.17, 15) is 14.4 Å². The molecule has 9 heteroatoms. The number of fused-ring (bicyclic) bond motifs is 1. The summed E-state index contributed by atoms with van der Waals surface area (Å²) >= 11 is 0. The summed E-state index contributed by atoms with van der Waals surface area (Å²) in [6, 6.07) is 19.5. The van der Waals surface area contributed by atoms with Gasteiger partial charge >= 0.3 is 5.69 Å². The number of H-pyrrole nitrogens is 1. The zero-order valence-electron chi connectivity index (χ0n) is 19.7. The van der Waals surface area contributed by atoms with Crippen molar-refractivity contribution in [3.63, 3.8) is 0 Å². The lowest BCUT2D eigenvalue weighted by molar-refractivity contribution is 0.0746. The zero-order valence-corrected chi connectivity index (χ0v) is 19.7. The van der Waals surface area contributed by atoms with Crippen molar-refractivity contribution in [1.82, 2.24) is 24.0 Å². The van der Waals surface area contributed by atoms with Crippen molar-refractivity contribution in [3.8, 4) is 0 Å². The Labute approximate surface area is 202 Å². The zero-order chi connectivity index (χ0) is 24.4. The molecule has 0 bridgehead atoms. The van der Waals surface area contributed by atoms with E-state index in [1.165, 1.54) is 10.1 Å². The van der Waals surface area contributed by atoms with Gasteiger partial charge in [0, 0.05) is 45.3 Å². The standard InChI is InChI=1S/C26H28N6O3/c1-29-22-21(23(33)28-26(29)35)32(14-8-11-19-9-4-2-5-10-19)25(27-22)31-17-15-30(16-18-31)24(34)20-12-6-3-7-13-20/h2-7,9-10,12-13H,8,11,14-18H2,1H3,(H,28,33,35). The summed E-state index contributed by atoms with van der Waals surface area (Å²) in [4.78, 5) is 48.9. The molecular weight excluding hydrogens is 444 g/mol. The Balaban J connectivity index is 1.41. The summed E-state index contributed by atoms with van der Waals surface area (Å²) in [5.41, 5.74) is 1.76. The predicted molar refractivity (Wildman–Crippen MR) is 135 cm³/mol. The number of carbonyl (C=O) groups excluding carboxylic acids is 1. The molecule has 1 aliphatic rings. The summed E-state index contributed by atoms with van der Waals surface area (Å²) in [6.07, 6.45) is 1.68. The molecule has 1 N–H and O–H groups in total. The van der Waals surface area contributed by atoms with Gasteiger partial charge in [0.25, 0.3) is 11.5 Å². The molecule has 1 saturated heterocycles. The van der Waals surface area contributed by atoms with E-state index in [4.69, 9.17) is 4.98 Å². The first-order valence-corrected chi connectivity index (χ1v) is 11.9. The Bertz CT molecular complexity index is 1450. The number of hydrogen-bond donors (Lipinski definition) is 1. The van der Waals surface area contributed by atoms with Crippen LogP contribution >= 0.6 is 0 Å². The normalized spacial score (nSPS) is 14.0. The Morgan fingerprint density at radius 3 is 2.29 bits per heavy atom. The number of anilines is 1. The van der Waals surface area contributed by atoms with Crippen molar-refractivity contribution in [1.29, 1.82) is 0 Å². The van der Waals surface area contributed by atoms with Crippen LogP contribution in [0.1, 0.15) is 22.3 Å². The molecule has 4 aromatic rings. The van der Waals surface area contributed by atoms with Gasteiger partial charge in [-0.15, -0.1) is 0 Å². The first kappa shape index (κ1) is 22.6. The van der Waals surface area contributed by atoms with Gasteiger partial charge in [0.1, 0.15) is 0 Å². The van der Waals surface area contributed by atoms with E-state index in [1.54, 1.807) is 7.05 Å². The molecule has 35 heavy (non-hydrogen) atoms. The molecule has 5 rings (SSSR count). The van der Waals surface area contributed by atoms with Gasteiger partial charge < -0.3 is 14.4 Å². The van der Waals surface area contributed by atoms with Gasteiger partial charge in [-0.05, 0) is 30.5 Å². The van der Waals surface area contributed by atoms with Crippen LogP contribution in [-0.2, 0) is 20.0 Å². The van der Waals surface area contributed by atoms with Crippen LogP contribution in [0.4, 0.5) is 5.95 Å². The second-order valence-electron chi connectivity index (χ2n) is 8.79. The Hall–Kier alpha value is -4.14. The summed E-state index contributed by atoms with van der Waals surface area (Å²) in [6.45, 7) is 2.87. The van der Waals surface area contributed by atoms with E-state index in [2.05, 4.69) is 22.0 Å². The molecule has 0 radical (unpaired) electrons. The fraction of sp³-hybridized carbons (Fsp3) is 0.308. The first-order chi connectivity index (χ1) is 17.0. The SMILES string of the molecule is Cn1c(=O)[nH]c(=O)c2c1nc(N1CCN(C(=O)c3ccccc3)CC1)n2CCCc1ccccc1. The maximum absolute atomic E-state index is 12.9. The van der Waals surface area contributed by atoms with Gasteiger partial charge in [0.05, 0.1) is 0 Å². The minimum atomic E-state index is -0.485. The predicted octanol–water partition coefficient (Wildman–Crippen LogP) is 2.02. The van der Waals surface area contributed by atoms with E-state index in [0.29, 0.717) is 55.4 Å². The monoisotopic (exact) mass is 472 g/mol. The Morgan fingerprint density at radius 2 is 1.60 bits per heavy atom. The lowest BCUT2D eigenvalue weighted by Gasteiger charge is -2.35. The van der Waals surface area contributed by atoms with Crippen molar-refractivity contribution in [2.75, 3.05) is 31.1 Å². The lowest BCUT2D eigenvalue weighted by Crippen LogP contribution is -2.49.